The van der Waals surface area contributed by atoms with Gasteiger partial charge in [0.05, 0.1) is 18.8 Å². The fourth-order valence-corrected chi connectivity index (χ4v) is 3.72. The van der Waals surface area contributed by atoms with Crippen LogP contribution >= 0.6 is 0 Å². The van der Waals surface area contributed by atoms with Crippen molar-refractivity contribution in [3.05, 3.63) is 30.1 Å². The number of nitrogens with zero attached hydrogens (tertiary/aromatic N) is 1. The second-order valence-electron chi connectivity index (χ2n) is 7.34. The van der Waals surface area contributed by atoms with Crippen molar-refractivity contribution >= 4 is 11.8 Å². The van der Waals surface area contributed by atoms with Crippen LogP contribution in [0.1, 0.15) is 42.5 Å². The van der Waals surface area contributed by atoms with Gasteiger partial charge in [0.15, 0.2) is 0 Å². The van der Waals surface area contributed by atoms with Gasteiger partial charge in [-0.05, 0) is 44.2 Å². The van der Waals surface area contributed by atoms with Gasteiger partial charge in [0.2, 0.25) is 5.91 Å². The second kappa shape index (κ2) is 10.5. The molecule has 1 aromatic heterocycles. The van der Waals surface area contributed by atoms with Crippen LogP contribution in [0.5, 0.6) is 0 Å². The highest BCUT2D eigenvalue weighted by Gasteiger charge is 2.32. The minimum atomic E-state index is -0.448. The van der Waals surface area contributed by atoms with E-state index >= 15 is 0 Å². The van der Waals surface area contributed by atoms with Crippen molar-refractivity contribution in [2.45, 2.75) is 50.4 Å². The topological polar surface area (TPSA) is 110 Å². The molecule has 8 nitrogen and oxygen atoms in total. The summed E-state index contributed by atoms with van der Waals surface area (Å²) in [5, 5.41) is 15.6. The molecule has 0 bridgehead atoms. The summed E-state index contributed by atoms with van der Waals surface area (Å²) in [6, 6.07) is 3.06. The Balaban J connectivity index is 1.41. The number of amides is 2. The van der Waals surface area contributed by atoms with Crippen LogP contribution < -0.4 is 10.6 Å². The van der Waals surface area contributed by atoms with Crippen LogP contribution in [0.3, 0.4) is 0 Å². The minimum Gasteiger partial charge on any atom is -0.394 e. The van der Waals surface area contributed by atoms with Crippen LogP contribution in [-0.2, 0) is 14.3 Å². The highest BCUT2D eigenvalue weighted by molar-refractivity contribution is 5.94. The summed E-state index contributed by atoms with van der Waals surface area (Å²) >= 11 is 0. The Morgan fingerprint density at radius 1 is 1.14 bits per heavy atom. The number of rotatable bonds is 7. The molecule has 154 valence electrons. The van der Waals surface area contributed by atoms with Crippen LogP contribution in [-0.4, -0.2) is 66.5 Å². The molecular formula is C20H29N3O5. The van der Waals surface area contributed by atoms with E-state index in [0.29, 0.717) is 31.7 Å². The third-order valence-corrected chi connectivity index (χ3v) is 5.41. The predicted octanol–water partition coefficient (Wildman–Crippen LogP) is 0.653. The van der Waals surface area contributed by atoms with Crippen LogP contribution in [0.4, 0.5) is 0 Å². The third kappa shape index (κ3) is 5.73. The summed E-state index contributed by atoms with van der Waals surface area (Å²) in [5.74, 6) is -0.0732. The van der Waals surface area contributed by atoms with Gasteiger partial charge >= 0.3 is 0 Å². The number of hydrogen-bond acceptors (Lipinski definition) is 6. The van der Waals surface area contributed by atoms with Gasteiger partial charge in [0.1, 0.15) is 6.10 Å². The maximum Gasteiger partial charge on any atom is 0.251 e. The molecule has 1 aromatic rings. The Labute approximate surface area is 165 Å². The highest BCUT2D eigenvalue weighted by Crippen LogP contribution is 2.22. The molecule has 2 amide bonds. The third-order valence-electron chi connectivity index (χ3n) is 5.41. The number of aliphatic hydroxyl groups excluding tert-OH is 1. The van der Waals surface area contributed by atoms with Gasteiger partial charge in [0, 0.05) is 43.6 Å². The number of aromatic nitrogens is 1. The number of nitrogens with one attached hydrogen (secondary N) is 2. The average molecular weight is 391 g/mol. The molecule has 0 spiro atoms. The first-order valence-electron chi connectivity index (χ1n) is 10.00. The molecule has 2 saturated heterocycles. The molecule has 3 heterocycles. The van der Waals surface area contributed by atoms with Gasteiger partial charge in [-0.3, -0.25) is 14.6 Å². The lowest BCUT2D eigenvalue weighted by atomic mass is 9.96. The van der Waals surface area contributed by atoms with E-state index in [1.54, 1.807) is 24.5 Å². The molecule has 2 fully saturated rings. The zero-order valence-electron chi connectivity index (χ0n) is 16.0. The van der Waals surface area contributed by atoms with Gasteiger partial charge in [0.25, 0.3) is 5.91 Å². The first-order valence-corrected chi connectivity index (χ1v) is 10.00. The first kappa shape index (κ1) is 20.7. The molecule has 0 saturated carbocycles. The molecule has 0 unspecified atom stereocenters. The zero-order valence-corrected chi connectivity index (χ0v) is 16.0. The van der Waals surface area contributed by atoms with Gasteiger partial charge < -0.3 is 25.2 Å². The lowest BCUT2D eigenvalue weighted by Crippen LogP contribution is -2.51. The molecule has 0 radical (unpaired) electrons. The van der Waals surface area contributed by atoms with E-state index in [1.165, 1.54) is 0 Å². The van der Waals surface area contributed by atoms with E-state index in [1.807, 2.05) is 0 Å². The maximum absolute atomic E-state index is 12.3. The van der Waals surface area contributed by atoms with E-state index in [-0.39, 0.29) is 36.5 Å². The standard InChI is InChI=1S/C20H29N3O5/c24-13-18-17(23-20(26)14-3-8-21-9-4-14)2-1-16(28-18)5-10-22-19(25)15-6-11-27-12-7-15/h3-4,8-9,15-18,24H,1-2,5-7,10-13H2,(H,22,25)(H,23,26)/t16-,17-,18-/m1/s1. The molecule has 3 atom stereocenters. The molecule has 3 rings (SSSR count). The Morgan fingerprint density at radius 3 is 2.61 bits per heavy atom. The molecule has 0 aliphatic carbocycles. The zero-order chi connectivity index (χ0) is 19.8. The molecular weight excluding hydrogens is 362 g/mol. The van der Waals surface area contributed by atoms with E-state index in [9.17, 15) is 14.7 Å². The van der Waals surface area contributed by atoms with Crippen molar-refractivity contribution in [3.63, 3.8) is 0 Å². The summed E-state index contributed by atoms with van der Waals surface area (Å²) in [6.45, 7) is 1.68. The van der Waals surface area contributed by atoms with E-state index in [0.717, 1.165) is 25.7 Å². The van der Waals surface area contributed by atoms with Crippen molar-refractivity contribution in [1.82, 2.24) is 15.6 Å². The quantitative estimate of drug-likeness (QED) is 0.630. The second-order valence-corrected chi connectivity index (χ2v) is 7.34. The van der Waals surface area contributed by atoms with Crippen LogP contribution in [0, 0.1) is 5.92 Å². The van der Waals surface area contributed by atoms with Crippen molar-refractivity contribution < 1.29 is 24.2 Å². The van der Waals surface area contributed by atoms with Crippen LogP contribution in [0.15, 0.2) is 24.5 Å². The lowest BCUT2D eigenvalue weighted by molar-refractivity contribution is -0.128. The fourth-order valence-electron chi connectivity index (χ4n) is 3.72. The summed E-state index contributed by atoms with van der Waals surface area (Å²) in [7, 11) is 0. The number of carbonyl (C=O) groups excluding carboxylic acids is 2. The van der Waals surface area contributed by atoms with Crippen molar-refractivity contribution in [1.29, 1.82) is 0 Å². The largest absolute Gasteiger partial charge is 0.394 e. The van der Waals surface area contributed by atoms with Crippen molar-refractivity contribution in [2.24, 2.45) is 5.92 Å². The smallest absolute Gasteiger partial charge is 0.251 e. The van der Waals surface area contributed by atoms with Gasteiger partial charge in [-0.1, -0.05) is 0 Å². The number of hydrogen-bond donors (Lipinski definition) is 3. The summed E-state index contributed by atoms with van der Waals surface area (Å²) in [4.78, 5) is 28.4. The summed E-state index contributed by atoms with van der Waals surface area (Å²) in [5.41, 5.74) is 0.532. The number of ether oxygens (including phenoxy) is 2. The van der Waals surface area contributed by atoms with Gasteiger partial charge in [-0.15, -0.1) is 0 Å². The Morgan fingerprint density at radius 2 is 1.89 bits per heavy atom. The normalized spacial score (nSPS) is 25.8. The predicted molar refractivity (Wildman–Crippen MR) is 102 cm³/mol. The summed E-state index contributed by atoms with van der Waals surface area (Å²) < 4.78 is 11.2. The van der Waals surface area contributed by atoms with E-state index < -0.39 is 6.10 Å². The van der Waals surface area contributed by atoms with E-state index in [2.05, 4.69) is 15.6 Å². The molecule has 0 aromatic carbocycles. The average Bonchev–Trinajstić information content (AvgIpc) is 2.75. The lowest BCUT2D eigenvalue weighted by Gasteiger charge is -2.36. The Hall–Kier alpha value is -2.03. The maximum atomic E-state index is 12.3. The summed E-state index contributed by atoms with van der Waals surface area (Å²) in [6.07, 6.45) is 6.38. The molecule has 28 heavy (non-hydrogen) atoms. The SMILES string of the molecule is O=C(N[C@@H]1CC[C@H](CCNC(=O)C2CCOCC2)O[C@@H]1CO)c1ccncc1. The number of pyridine rings is 1. The molecule has 3 N–H and O–H groups in total. The number of carbonyl (C=O) groups is 2. The Kier molecular flexibility index (Phi) is 7.76. The molecule has 2 aliphatic heterocycles. The first-order chi connectivity index (χ1) is 13.7. The molecule has 2 aliphatic rings. The van der Waals surface area contributed by atoms with Gasteiger partial charge in [-0.2, -0.15) is 0 Å². The van der Waals surface area contributed by atoms with Crippen LogP contribution in [0.25, 0.3) is 0 Å². The number of aliphatic hydroxyl groups is 1. The van der Waals surface area contributed by atoms with Crippen molar-refractivity contribution in [2.75, 3.05) is 26.4 Å². The molecule has 8 heteroatoms. The fraction of sp³-hybridized carbons (Fsp3) is 0.650. The minimum absolute atomic E-state index is 0.0405. The van der Waals surface area contributed by atoms with Gasteiger partial charge in [-0.25, -0.2) is 0 Å². The van der Waals surface area contributed by atoms with Crippen molar-refractivity contribution in [3.8, 4) is 0 Å². The highest BCUT2D eigenvalue weighted by atomic mass is 16.5. The van der Waals surface area contributed by atoms with E-state index in [4.69, 9.17) is 9.47 Å². The Bertz CT molecular complexity index is 636. The van der Waals surface area contributed by atoms with Crippen LogP contribution in [0.2, 0.25) is 0 Å². The monoisotopic (exact) mass is 391 g/mol.